The van der Waals surface area contributed by atoms with Crippen molar-refractivity contribution >= 4 is 23.5 Å². The molecule has 1 aliphatic heterocycles. The number of hydrogen-bond acceptors (Lipinski definition) is 4. The molecule has 4 atom stereocenters. The number of anilines is 1. The van der Waals surface area contributed by atoms with Crippen molar-refractivity contribution in [1.82, 2.24) is 0 Å². The molecule has 5 nitrogen and oxygen atoms in total. The highest BCUT2D eigenvalue weighted by Crippen LogP contribution is 2.57. The zero-order valence-corrected chi connectivity index (χ0v) is 14.4. The number of carbonyl (C=O) groups excluding carboxylic acids is 3. The second-order valence-electron chi connectivity index (χ2n) is 6.96. The van der Waals surface area contributed by atoms with Crippen LogP contribution in [0, 0.1) is 23.7 Å². The van der Waals surface area contributed by atoms with Gasteiger partial charge in [-0.05, 0) is 26.0 Å². The number of benzene rings is 1. The molecule has 2 aliphatic carbocycles. The number of ether oxygens (including phenoxy) is 1. The zero-order chi connectivity index (χ0) is 17.9. The van der Waals surface area contributed by atoms with Gasteiger partial charge in [0, 0.05) is 11.8 Å². The van der Waals surface area contributed by atoms with Gasteiger partial charge in [0.1, 0.15) is 0 Å². The lowest BCUT2D eigenvalue weighted by molar-refractivity contribution is -0.122. The van der Waals surface area contributed by atoms with Crippen molar-refractivity contribution < 1.29 is 19.1 Å². The summed E-state index contributed by atoms with van der Waals surface area (Å²) >= 11 is 0. The average Bonchev–Trinajstić information content (AvgIpc) is 3.24. The largest absolute Gasteiger partial charge is 0.465 e. The minimum atomic E-state index is -0.556. The van der Waals surface area contributed by atoms with Gasteiger partial charge in [-0.25, -0.2) is 9.69 Å². The van der Waals surface area contributed by atoms with Gasteiger partial charge in [-0.3, -0.25) is 9.59 Å². The number of imide groups is 1. The summed E-state index contributed by atoms with van der Waals surface area (Å²) in [6, 6.07) is 6.60. The zero-order valence-electron chi connectivity index (χ0n) is 14.4. The highest BCUT2D eigenvalue weighted by molar-refractivity contribution is 6.25. The van der Waals surface area contributed by atoms with Gasteiger partial charge in [0.05, 0.1) is 30.2 Å². The summed E-state index contributed by atoms with van der Waals surface area (Å²) in [6.07, 6.45) is 4.10. The van der Waals surface area contributed by atoms with Gasteiger partial charge in [0.2, 0.25) is 11.8 Å². The van der Waals surface area contributed by atoms with Crippen molar-refractivity contribution in [3.8, 4) is 0 Å². The quantitative estimate of drug-likeness (QED) is 0.473. The second kappa shape index (κ2) is 5.41. The van der Waals surface area contributed by atoms with Crippen molar-refractivity contribution in [3.63, 3.8) is 0 Å². The number of nitrogens with zero attached hydrogens (tertiary/aromatic N) is 1. The third-order valence-electron chi connectivity index (χ3n) is 5.54. The molecular formula is C20H19NO4. The SMILES string of the molecule is COC(=O)c1ccccc1N1C(=O)C2C3C=CC(C3=C(C)C)C2C1=O. The Balaban J connectivity index is 1.79. The Kier molecular flexibility index (Phi) is 3.42. The summed E-state index contributed by atoms with van der Waals surface area (Å²) in [6.45, 7) is 4.06. The van der Waals surface area contributed by atoms with E-state index in [1.54, 1.807) is 24.3 Å². The van der Waals surface area contributed by atoms with Gasteiger partial charge in [-0.2, -0.15) is 0 Å². The van der Waals surface area contributed by atoms with Crippen molar-refractivity contribution in [2.24, 2.45) is 23.7 Å². The number of rotatable bonds is 2. The van der Waals surface area contributed by atoms with Gasteiger partial charge in [0.15, 0.2) is 0 Å². The standard InChI is InChI=1S/C20H19NO4/c1-10(2)15-12-8-9-13(15)17-16(12)18(22)21(19(17)23)14-7-5-4-6-11(14)20(24)25-3/h4-9,12-13,16-17H,1-3H3. The third-order valence-corrected chi connectivity index (χ3v) is 5.54. The molecule has 4 unspecified atom stereocenters. The number of allylic oxidation sites excluding steroid dienone is 4. The third kappa shape index (κ3) is 1.98. The van der Waals surface area contributed by atoms with Crippen molar-refractivity contribution in [1.29, 1.82) is 0 Å². The van der Waals surface area contributed by atoms with Crippen LogP contribution in [0.15, 0.2) is 47.6 Å². The fraction of sp³-hybridized carbons (Fsp3) is 0.350. The fourth-order valence-electron chi connectivity index (χ4n) is 4.62. The van der Waals surface area contributed by atoms with Gasteiger partial charge in [0.25, 0.3) is 0 Å². The molecule has 1 heterocycles. The summed E-state index contributed by atoms with van der Waals surface area (Å²) in [7, 11) is 1.28. The van der Waals surface area contributed by atoms with E-state index >= 15 is 0 Å². The summed E-state index contributed by atoms with van der Waals surface area (Å²) in [5, 5.41) is 0. The second-order valence-corrected chi connectivity index (χ2v) is 6.96. The maximum absolute atomic E-state index is 13.1. The molecule has 128 valence electrons. The molecule has 1 saturated carbocycles. The molecule has 4 rings (SSSR count). The summed E-state index contributed by atoms with van der Waals surface area (Å²) in [5.41, 5.74) is 2.93. The fourth-order valence-corrected chi connectivity index (χ4v) is 4.62. The molecule has 0 radical (unpaired) electrons. The van der Waals surface area contributed by atoms with Gasteiger partial charge in [-0.15, -0.1) is 0 Å². The monoisotopic (exact) mass is 337 g/mol. The first-order chi connectivity index (χ1) is 12.0. The minimum Gasteiger partial charge on any atom is -0.465 e. The summed E-state index contributed by atoms with van der Waals surface area (Å²) < 4.78 is 4.80. The smallest absolute Gasteiger partial charge is 0.339 e. The number of fused-ring (bicyclic) bond motifs is 5. The lowest BCUT2D eigenvalue weighted by Crippen LogP contribution is -2.34. The van der Waals surface area contributed by atoms with Crippen molar-refractivity contribution in [3.05, 3.63) is 53.1 Å². The van der Waals surface area contributed by atoms with Gasteiger partial charge in [-0.1, -0.05) is 35.4 Å². The molecular weight excluding hydrogens is 318 g/mol. The molecule has 5 heteroatoms. The van der Waals surface area contributed by atoms with E-state index in [1.807, 2.05) is 13.8 Å². The number of methoxy groups -OCH3 is 1. The highest BCUT2D eigenvalue weighted by Gasteiger charge is 2.62. The summed E-state index contributed by atoms with van der Waals surface area (Å²) in [4.78, 5) is 39.5. The molecule has 25 heavy (non-hydrogen) atoms. The number of hydrogen-bond donors (Lipinski definition) is 0. The Morgan fingerprint density at radius 3 is 2.08 bits per heavy atom. The van der Waals surface area contributed by atoms with E-state index < -0.39 is 5.97 Å². The van der Waals surface area contributed by atoms with E-state index in [2.05, 4.69) is 12.2 Å². The molecule has 0 aromatic heterocycles. The van der Waals surface area contributed by atoms with Gasteiger partial charge >= 0.3 is 5.97 Å². The van der Waals surface area contributed by atoms with Gasteiger partial charge < -0.3 is 4.74 Å². The predicted molar refractivity (Wildman–Crippen MR) is 91.7 cm³/mol. The molecule has 0 spiro atoms. The lowest BCUT2D eigenvalue weighted by atomic mass is 9.85. The van der Waals surface area contributed by atoms with E-state index in [4.69, 9.17) is 4.74 Å². The van der Waals surface area contributed by atoms with E-state index in [9.17, 15) is 14.4 Å². The van der Waals surface area contributed by atoms with Crippen LogP contribution in [0.4, 0.5) is 5.69 Å². The Labute approximate surface area is 146 Å². The topological polar surface area (TPSA) is 63.7 Å². The van der Waals surface area contributed by atoms with Crippen LogP contribution in [0.5, 0.6) is 0 Å². The van der Waals surface area contributed by atoms with E-state index in [1.165, 1.54) is 23.2 Å². The molecule has 2 amide bonds. The van der Waals surface area contributed by atoms with E-state index in [-0.39, 0.29) is 41.0 Å². The van der Waals surface area contributed by atoms with Crippen molar-refractivity contribution in [2.75, 3.05) is 12.0 Å². The molecule has 2 bridgehead atoms. The van der Waals surface area contributed by atoms with Crippen LogP contribution in [0.1, 0.15) is 24.2 Å². The molecule has 3 aliphatic rings. The van der Waals surface area contributed by atoms with E-state index in [0.717, 1.165) is 0 Å². The van der Waals surface area contributed by atoms with Crippen molar-refractivity contribution in [2.45, 2.75) is 13.8 Å². The number of para-hydroxylation sites is 1. The molecule has 0 N–H and O–H groups in total. The number of esters is 1. The maximum atomic E-state index is 13.1. The predicted octanol–water partition coefficient (Wildman–Crippen LogP) is 2.73. The van der Waals surface area contributed by atoms with Crippen LogP contribution < -0.4 is 4.90 Å². The van der Waals surface area contributed by atoms with Crippen LogP contribution in [0.3, 0.4) is 0 Å². The van der Waals surface area contributed by atoms with Crippen LogP contribution >= 0.6 is 0 Å². The Bertz CT molecular complexity index is 828. The first-order valence-corrected chi connectivity index (χ1v) is 8.38. The lowest BCUT2D eigenvalue weighted by Gasteiger charge is -2.21. The number of amides is 2. The normalized spacial score (nSPS) is 29.4. The average molecular weight is 337 g/mol. The molecule has 1 aromatic rings. The first-order valence-electron chi connectivity index (χ1n) is 8.38. The van der Waals surface area contributed by atoms with Crippen LogP contribution in [-0.4, -0.2) is 24.9 Å². The molecule has 1 aromatic carbocycles. The van der Waals surface area contributed by atoms with E-state index in [0.29, 0.717) is 5.69 Å². The van der Waals surface area contributed by atoms with Crippen LogP contribution in [0.25, 0.3) is 0 Å². The molecule has 2 fully saturated rings. The highest BCUT2D eigenvalue weighted by atomic mass is 16.5. The minimum absolute atomic E-state index is 0.00765. The van der Waals surface area contributed by atoms with Crippen LogP contribution in [0.2, 0.25) is 0 Å². The molecule has 1 saturated heterocycles. The summed E-state index contributed by atoms with van der Waals surface area (Å²) in [5.74, 6) is -1.74. The number of carbonyl (C=O) groups is 3. The Hall–Kier alpha value is -2.69. The Morgan fingerprint density at radius 1 is 1.00 bits per heavy atom. The Morgan fingerprint density at radius 2 is 1.56 bits per heavy atom. The maximum Gasteiger partial charge on any atom is 0.339 e. The first kappa shape index (κ1) is 15.8. The van der Waals surface area contributed by atoms with Crippen LogP contribution in [-0.2, 0) is 14.3 Å².